The Kier molecular flexibility index (Phi) is 3.59. The monoisotopic (exact) mass is 264 g/mol. The molecule has 1 aromatic carbocycles. The molecule has 0 aliphatic rings. The molecule has 0 aliphatic carbocycles. The van der Waals surface area contributed by atoms with E-state index in [0.29, 0.717) is 5.69 Å². The van der Waals surface area contributed by atoms with Crippen LogP contribution in [0.3, 0.4) is 0 Å². The van der Waals surface area contributed by atoms with Crippen LogP contribution in [0.5, 0.6) is 5.75 Å². The van der Waals surface area contributed by atoms with Gasteiger partial charge in [0.25, 0.3) is 5.56 Å². The van der Waals surface area contributed by atoms with Gasteiger partial charge in [0.2, 0.25) is 0 Å². The number of anilines is 1. The molecule has 3 N–H and O–H groups in total. The Morgan fingerprint density at radius 1 is 1.39 bits per heavy atom. The number of halogens is 1. The summed E-state index contributed by atoms with van der Waals surface area (Å²) in [5.41, 5.74) is 3.23. The van der Waals surface area contributed by atoms with E-state index in [-0.39, 0.29) is 10.8 Å². The van der Waals surface area contributed by atoms with Crippen LogP contribution < -0.4 is 11.0 Å². The number of phenols is 1. The molecule has 2 aromatic rings. The largest absolute Gasteiger partial charge is 0.508 e. The van der Waals surface area contributed by atoms with E-state index in [1.807, 2.05) is 0 Å². The van der Waals surface area contributed by atoms with E-state index in [2.05, 4.69) is 20.7 Å². The first-order chi connectivity index (χ1) is 8.66. The normalized spacial score (nSPS) is 10.7. The summed E-state index contributed by atoms with van der Waals surface area (Å²) in [6.45, 7) is 0. The van der Waals surface area contributed by atoms with Gasteiger partial charge in [-0.2, -0.15) is 10.2 Å². The van der Waals surface area contributed by atoms with E-state index in [1.54, 1.807) is 24.3 Å². The zero-order valence-corrected chi connectivity index (χ0v) is 9.85. The van der Waals surface area contributed by atoms with E-state index in [9.17, 15) is 4.79 Å². The van der Waals surface area contributed by atoms with Crippen LogP contribution in [-0.2, 0) is 0 Å². The highest BCUT2D eigenvalue weighted by atomic mass is 35.5. The molecule has 0 bridgehead atoms. The molecule has 0 saturated carbocycles. The number of hydrogen-bond acceptors (Lipinski definition) is 5. The van der Waals surface area contributed by atoms with Crippen LogP contribution in [0.15, 0.2) is 40.4 Å². The van der Waals surface area contributed by atoms with Gasteiger partial charge in [0.15, 0.2) is 0 Å². The number of hydrogen-bond donors (Lipinski definition) is 3. The van der Waals surface area contributed by atoms with Crippen LogP contribution in [0.1, 0.15) is 5.56 Å². The number of phenolic OH excluding ortho intramolecular Hbond substituents is 1. The highest BCUT2D eigenvalue weighted by molar-refractivity contribution is 6.32. The van der Waals surface area contributed by atoms with E-state index in [0.717, 1.165) is 5.56 Å². The van der Waals surface area contributed by atoms with Crippen LogP contribution in [0, 0.1) is 0 Å². The molecule has 18 heavy (non-hydrogen) atoms. The van der Waals surface area contributed by atoms with Crippen molar-refractivity contribution in [1.29, 1.82) is 0 Å². The van der Waals surface area contributed by atoms with Crippen LogP contribution in [-0.4, -0.2) is 21.5 Å². The van der Waals surface area contributed by atoms with E-state index < -0.39 is 5.56 Å². The summed E-state index contributed by atoms with van der Waals surface area (Å²) >= 11 is 5.74. The third kappa shape index (κ3) is 2.86. The van der Waals surface area contributed by atoms with Crippen molar-refractivity contribution < 1.29 is 5.11 Å². The third-order valence-corrected chi connectivity index (χ3v) is 2.46. The first-order valence-corrected chi connectivity index (χ1v) is 5.36. The first-order valence-electron chi connectivity index (χ1n) is 4.98. The third-order valence-electron chi connectivity index (χ3n) is 2.09. The lowest BCUT2D eigenvalue weighted by molar-refractivity contribution is 0.475. The van der Waals surface area contributed by atoms with Gasteiger partial charge in [-0.25, -0.2) is 5.10 Å². The molecular weight excluding hydrogens is 256 g/mol. The van der Waals surface area contributed by atoms with Crippen LogP contribution in [0.25, 0.3) is 0 Å². The fourth-order valence-electron chi connectivity index (χ4n) is 1.20. The van der Waals surface area contributed by atoms with Gasteiger partial charge in [-0.3, -0.25) is 10.2 Å². The van der Waals surface area contributed by atoms with Gasteiger partial charge in [-0.1, -0.05) is 11.6 Å². The molecular formula is C11H9ClN4O2. The van der Waals surface area contributed by atoms with Crippen molar-refractivity contribution in [2.75, 3.05) is 5.43 Å². The molecule has 0 spiro atoms. The Hall–Kier alpha value is -2.34. The van der Waals surface area contributed by atoms with Crippen molar-refractivity contribution in [2.24, 2.45) is 5.10 Å². The lowest BCUT2D eigenvalue weighted by Crippen LogP contribution is -2.10. The fraction of sp³-hybridized carbons (Fsp3) is 0. The Bertz CT molecular complexity index is 622. The second-order valence-corrected chi connectivity index (χ2v) is 3.77. The average Bonchev–Trinajstić information content (AvgIpc) is 2.37. The Balaban J connectivity index is 2.09. The van der Waals surface area contributed by atoms with Gasteiger partial charge in [-0.15, -0.1) is 0 Å². The maximum atomic E-state index is 11.1. The SMILES string of the molecule is O=c1[nH]ncc(NN=Cc2ccc(O)cc2)c1Cl. The molecule has 0 aliphatic heterocycles. The average molecular weight is 265 g/mol. The highest BCUT2D eigenvalue weighted by Crippen LogP contribution is 2.14. The number of aromatic nitrogens is 2. The van der Waals surface area contributed by atoms with Gasteiger partial charge in [0.05, 0.1) is 12.4 Å². The highest BCUT2D eigenvalue weighted by Gasteiger charge is 2.02. The number of rotatable bonds is 3. The Morgan fingerprint density at radius 2 is 2.11 bits per heavy atom. The van der Waals surface area contributed by atoms with Crippen molar-refractivity contribution in [2.45, 2.75) is 0 Å². The minimum atomic E-state index is -0.485. The van der Waals surface area contributed by atoms with Crippen molar-refractivity contribution in [3.8, 4) is 5.75 Å². The second kappa shape index (κ2) is 5.33. The van der Waals surface area contributed by atoms with Gasteiger partial charge >= 0.3 is 0 Å². The number of aromatic hydroxyl groups is 1. The smallest absolute Gasteiger partial charge is 0.285 e. The summed E-state index contributed by atoms with van der Waals surface area (Å²) in [4.78, 5) is 11.1. The summed E-state index contributed by atoms with van der Waals surface area (Å²) in [5.74, 6) is 0.182. The lowest BCUT2D eigenvalue weighted by atomic mass is 10.2. The van der Waals surface area contributed by atoms with E-state index >= 15 is 0 Å². The zero-order chi connectivity index (χ0) is 13.0. The number of nitrogens with one attached hydrogen (secondary N) is 2. The van der Waals surface area contributed by atoms with Crippen molar-refractivity contribution in [3.63, 3.8) is 0 Å². The maximum Gasteiger partial charge on any atom is 0.285 e. The molecule has 0 saturated heterocycles. The number of H-pyrrole nitrogens is 1. The standard InChI is InChI=1S/C11H9ClN4O2/c12-10-9(6-14-16-11(10)18)15-13-5-7-1-3-8(17)4-2-7/h1-6,17H,(H2,15,16,18). The zero-order valence-electron chi connectivity index (χ0n) is 9.09. The minimum Gasteiger partial charge on any atom is -0.508 e. The summed E-state index contributed by atoms with van der Waals surface area (Å²) in [7, 11) is 0. The molecule has 7 heteroatoms. The molecule has 0 amide bonds. The van der Waals surface area contributed by atoms with Crippen LogP contribution in [0.4, 0.5) is 5.69 Å². The number of aromatic amines is 1. The fourth-order valence-corrected chi connectivity index (χ4v) is 1.33. The predicted octanol–water partition coefficient (Wildman–Crippen LogP) is 1.57. The Morgan fingerprint density at radius 3 is 2.83 bits per heavy atom. The van der Waals surface area contributed by atoms with Crippen molar-refractivity contribution in [3.05, 3.63) is 51.4 Å². The van der Waals surface area contributed by atoms with Crippen molar-refractivity contribution >= 4 is 23.5 Å². The topological polar surface area (TPSA) is 90.4 Å². The molecule has 0 radical (unpaired) electrons. The van der Waals surface area contributed by atoms with Crippen LogP contribution >= 0.6 is 11.6 Å². The van der Waals surface area contributed by atoms with Gasteiger partial charge in [-0.05, 0) is 29.8 Å². The second-order valence-electron chi connectivity index (χ2n) is 3.39. The summed E-state index contributed by atoms with van der Waals surface area (Å²) in [6.07, 6.45) is 2.88. The lowest BCUT2D eigenvalue weighted by Gasteiger charge is -2.00. The first kappa shape index (κ1) is 12.1. The number of hydrazone groups is 1. The number of benzene rings is 1. The van der Waals surface area contributed by atoms with Gasteiger partial charge in [0, 0.05) is 0 Å². The van der Waals surface area contributed by atoms with Crippen molar-refractivity contribution in [1.82, 2.24) is 10.2 Å². The van der Waals surface area contributed by atoms with Crippen LogP contribution in [0.2, 0.25) is 5.02 Å². The minimum absolute atomic E-state index is 0.00661. The molecule has 6 nitrogen and oxygen atoms in total. The molecule has 92 valence electrons. The Labute approximate surface area is 107 Å². The molecule has 2 rings (SSSR count). The number of nitrogens with zero attached hydrogens (tertiary/aromatic N) is 2. The summed E-state index contributed by atoms with van der Waals surface area (Å²) < 4.78 is 0. The quantitative estimate of drug-likeness (QED) is 0.580. The van der Waals surface area contributed by atoms with E-state index in [4.69, 9.17) is 16.7 Å². The molecule has 0 fully saturated rings. The molecule has 1 aromatic heterocycles. The maximum absolute atomic E-state index is 11.1. The molecule has 0 unspecified atom stereocenters. The molecule has 0 atom stereocenters. The predicted molar refractivity (Wildman–Crippen MR) is 69.2 cm³/mol. The van der Waals surface area contributed by atoms with Gasteiger partial charge < -0.3 is 5.11 Å². The summed E-state index contributed by atoms with van der Waals surface area (Å²) in [5, 5.41) is 18.8. The molecule has 1 heterocycles. The summed E-state index contributed by atoms with van der Waals surface area (Å²) in [6, 6.07) is 6.47. The van der Waals surface area contributed by atoms with E-state index in [1.165, 1.54) is 12.4 Å². The van der Waals surface area contributed by atoms with Gasteiger partial charge in [0.1, 0.15) is 16.5 Å².